The van der Waals surface area contributed by atoms with Gasteiger partial charge in [0.2, 0.25) is 5.96 Å². The predicted molar refractivity (Wildman–Crippen MR) is 77.2 cm³/mol. The van der Waals surface area contributed by atoms with Crippen LogP contribution in [-0.4, -0.2) is 35.0 Å². The van der Waals surface area contributed by atoms with Crippen LogP contribution in [0.2, 0.25) is 0 Å². The van der Waals surface area contributed by atoms with Crippen molar-refractivity contribution < 1.29 is 8.42 Å². The van der Waals surface area contributed by atoms with E-state index < -0.39 is 10.0 Å². The molecule has 0 amide bonds. The first kappa shape index (κ1) is 13.4. The molecule has 1 aliphatic heterocycles. The Kier molecular flexibility index (Phi) is 3.48. The molecule has 1 aromatic rings. The Morgan fingerprint density at radius 2 is 2.16 bits per heavy atom. The third kappa shape index (κ3) is 2.70. The van der Waals surface area contributed by atoms with Gasteiger partial charge in [0.1, 0.15) is 4.90 Å². The molecule has 0 aromatic heterocycles. The minimum Gasteiger partial charge on any atom is -0.378 e. The number of anilines is 2. The fourth-order valence-electron chi connectivity index (χ4n) is 1.68. The van der Waals surface area contributed by atoms with Gasteiger partial charge >= 0.3 is 0 Å². The van der Waals surface area contributed by atoms with Crippen molar-refractivity contribution in [1.29, 1.82) is 0 Å². The van der Waals surface area contributed by atoms with E-state index >= 15 is 0 Å². The van der Waals surface area contributed by atoms with Gasteiger partial charge in [0.05, 0.1) is 12.2 Å². The van der Waals surface area contributed by atoms with Gasteiger partial charge in [0, 0.05) is 19.8 Å². The van der Waals surface area contributed by atoms with Crippen molar-refractivity contribution in [2.45, 2.75) is 4.90 Å². The largest absolute Gasteiger partial charge is 0.378 e. The van der Waals surface area contributed by atoms with Gasteiger partial charge in [-0.25, -0.2) is 18.1 Å². The molecule has 0 bridgehead atoms. The maximum atomic E-state index is 12.1. The van der Waals surface area contributed by atoms with Gasteiger partial charge in [-0.1, -0.05) is 6.08 Å². The molecule has 1 aromatic carbocycles. The molecule has 0 atom stereocenters. The maximum Gasteiger partial charge on any atom is 0.266 e. The topological polar surface area (TPSA) is 73.8 Å². The quantitative estimate of drug-likeness (QED) is 0.810. The van der Waals surface area contributed by atoms with Crippen LogP contribution in [0.3, 0.4) is 0 Å². The highest BCUT2D eigenvalue weighted by Gasteiger charge is 2.26. The number of aliphatic imine (C=N–C) groups is 1. The Labute approximate surface area is 112 Å². The average Bonchev–Trinajstić information content (AvgIpc) is 2.35. The lowest BCUT2D eigenvalue weighted by atomic mass is 10.2. The van der Waals surface area contributed by atoms with Crippen LogP contribution < -0.4 is 14.9 Å². The molecule has 102 valence electrons. The van der Waals surface area contributed by atoms with Crippen LogP contribution >= 0.6 is 0 Å². The molecule has 0 saturated heterocycles. The zero-order valence-corrected chi connectivity index (χ0v) is 11.7. The van der Waals surface area contributed by atoms with Gasteiger partial charge in [0.15, 0.2) is 0 Å². The van der Waals surface area contributed by atoms with Crippen molar-refractivity contribution >= 4 is 27.4 Å². The number of sulfonamides is 1. The molecule has 0 fully saturated rings. The molecule has 0 radical (unpaired) electrons. The van der Waals surface area contributed by atoms with Crippen molar-refractivity contribution in [2.24, 2.45) is 4.99 Å². The van der Waals surface area contributed by atoms with Crippen LogP contribution in [0.4, 0.5) is 11.4 Å². The van der Waals surface area contributed by atoms with E-state index in [-0.39, 0.29) is 10.9 Å². The Balaban J connectivity index is 2.47. The van der Waals surface area contributed by atoms with E-state index in [0.29, 0.717) is 12.2 Å². The lowest BCUT2D eigenvalue weighted by molar-refractivity contribution is 0.591. The molecule has 1 heterocycles. The van der Waals surface area contributed by atoms with Crippen LogP contribution in [0, 0.1) is 0 Å². The molecular formula is C12H16N4O2S. The van der Waals surface area contributed by atoms with Gasteiger partial charge in [-0.15, -0.1) is 6.58 Å². The van der Waals surface area contributed by atoms with Gasteiger partial charge < -0.3 is 10.2 Å². The summed E-state index contributed by atoms with van der Waals surface area (Å²) >= 11 is 0. The van der Waals surface area contributed by atoms with Crippen molar-refractivity contribution in [3.05, 3.63) is 30.9 Å². The second kappa shape index (κ2) is 4.93. The Bertz CT molecular complexity index is 635. The molecule has 1 aliphatic rings. The Morgan fingerprint density at radius 3 is 2.79 bits per heavy atom. The van der Waals surface area contributed by atoms with Crippen molar-refractivity contribution in [3.63, 3.8) is 0 Å². The smallest absolute Gasteiger partial charge is 0.266 e. The lowest BCUT2D eigenvalue weighted by Crippen LogP contribution is -2.40. The summed E-state index contributed by atoms with van der Waals surface area (Å²) in [6.45, 7) is 3.88. The number of fused-ring (bicyclic) bond motifs is 1. The summed E-state index contributed by atoms with van der Waals surface area (Å²) in [5.74, 6) is 0.213. The molecule has 6 nitrogen and oxygen atoms in total. The zero-order valence-electron chi connectivity index (χ0n) is 10.8. The normalized spacial score (nSPS) is 18.1. The van der Waals surface area contributed by atoms with E-state index in [4.69, 9.17) is 0 Å². The van der Waals surface area contributed by atoms with E-state index in [0.717, 1.165) is 5.69 Å². The highest BCUT2D eigenvalue weighted by molar-refractivity contribution is 7.90. The number of rotatable bonds is 3. The van der Waals surface area contributed by atoms with E-state index in [9.17, 15) is 8.42 Å². The average molecular weight is 280 g/mol. The number of hydrogen-bond donors (Lipinski definition) is 2. The van der Waals surface area contributed by atoms with Crippen LogP contribution in [0.5, 0.6) is 0 Å². The second-order valence-electron chi connectivity index (χ2n) is 4.28. The molecule has 0 aliphatic carbocycles. The molecule has 0 unspecified atom stereocenters. The standard InChI is InChI=1S/C12H16N4O2S/c1-4-7-13-12-14-10-6-5-9(16(2)3)8-11(10)19(17,18)15-12/h4-6,8H,1,7H2,2-3H3,(H2,13,14,15). The van der Waals surface area contributed by atoms with Crippen molar-refractivity contribution in [3.8, 4) is 0 Å². The number of hydrogen-bond acceptors (Lipinski definition) is 4. The van der Waals surface area contributed by atoms with Crippen molar-refractivity contribution in [2.75, 3.05) is 30.9 Å². The summed E-state index contributed by atoms with van der Waals surface area (Å²) in [5, 5.41) is 2.95. The highest BCUT2D eigenvalue weighted by Crippen LogP contribution is 2.28. The fourth-order valence-corrected chi connectivity index (χ4v) is 2.84. The first-order chi connectivity index (χ1) is 8.94. The van der Waals surface area contributed by atoms with Crippen LogP contribution in [0.15, 0.2) is 40.7 Å². The summed E-state index contributed by atoms with van der Waals surface area (Å²) in [5.41, 5.74) is 1.34. The second-order valence-corrected chi connectivity index (χ2v) is 5.93. The Hall–Kier alpha value is -2.02. The third-order valence-electron chi connectivity index (χ3n) is 2.63. The first-order valence-electron chi connectivity index (χ1n) is 5.70. The summed E-state index contributed by atoms with van der Waals surface area (Å²) in [4.78, 5) is 6.10. The fraction of sp³-hybridized carbons (Fsp3) is 0.250. The first-order valence-corrected chi connectivity index (χ1v) is 7.19. The molecule has 7 heteroatoms. The van der Waals surface area contributed by atoms with Crippen LogP contribution in [-0.2, 0) is 10.0 Å². The van der Waals surface area contributed by atoms with Gasteiger partial charge in [-0.05, 0) is 18.2 Å². The summed E-state index contributed by atoms with van der Waals surface area (Å²) in [6.07, 6.45) is 1.59. The Morgan fingerprint density at radius 1 is 1.42 bits per heavy atom. The molecule has 0 saturated carbocycles. The lowest BCUT2D eigenvalue weighted by Gasteiger charge is -2.23. The van der Waals surface area contributed by atoms with Crippen LogP contribution in [0.1, 0.15) is 0 Å². The summed E-state index contributed by atoms with van der Waals surface area (Å²) in [6, 6.07) is 5.19. The van der Waals surface area contributed by atoms with Gasteiger partial charge in [-0.3, -0.25) is 0 Å². The minimum atomic E-state index is -3.58. The molecule has 2 rings (SSSR count). The van der Waals surface area contributed by atoms with E-state index in [1.54, 1.807) is 18.2 Å². The SMILES string of the molecule is C=CCN=C1Nc2ccc(N(C)C)cc2S(=O)(=O)N1. The summed E-state index contributed by atoms with van der Waals surface area (Å²) < 4.78 is 26.7. The van der Waals surface area contributed by atoms with Gasteiger partial charge in [0.25, 0.3) is 10.0 Å². The number of benzene rings is 1. The molecule has 2 N–H and O–H groups in total. The number of nitrogens with zero attached hydrogens (tertiary/aromatic N) is 2. The molecule has 19 heavy (non-hydrogen) atoms. The molecular weight excluding hydrogens is 264 g/mol. The monoisotopic (exact) mass is 280 g/mol. The number of nitrogens with one attached hydrogen (secondary N) is 2. The molecule has 0 spiro atoms. The summed E-state index contributed by atoms with van der Waals surface area (Å²) in [7, 11) is 0.130. The van der Waals surface area contributed by atoms with Crippen LogP contribution in [0.25, 0.3) is 0 Å². The predicted octanol–water partition coefficient (Wildman–Crippen LogP) is 0.998. The van der Waals surface area contributed by atoms with Crippen molar-refractivity contribution in [1.82, 2.24) is 4.72 Å². The van der Waals surface area contributed by atoms with E-state index in [1.807, 2.05) is 25.1 Å². The van der Waals surface area contributed by atoms with E-state index in [2.05, 4.69) is 21.6 Å². The number of guanidine groups is 1. The van der Waals surface area contributed by atoms with E-state index in [1.165, 1.54) is 0 Å². The zero-order chi connectivity index (χ0) is 14.0. The minimum absolute atomic E-state index is 0.213. The van der Waals surface area contributed by atoms with Gasteiger partial charge in [-0.2, -0.15) is 0 Å². The highest BCUT2D eigenvalue weighted by atomic mass is 32.2. The maximum absolute atomic E-state index is 12.1. The third-order valence-corrected chi connectivity index (χ3v) is 4.01.